The summed E-state index contributed by atoms with van der Waals surface area (Å²) < 4.78 is 8.05. The molecule has 0 N–H and O–H groups in total. The lowest BCUT2D eigenvalue weighted by Gasteiger charge is -2.35. The second-order valence-electron chi connectivity index (χ2n) is 7.89. The molecule has 1 aromatic carbocycles. The van der Waals surface area contributed by atoms with E-state index >= 15 is 0 Å². The summed E-state index contributed by atoms with van der Waals surface area (Å²) >= 11 is 0. The summed E-state index contributed by atoms with van der Waals surface area (Å²) in [6, 6.07) is 7.87. The number of hydrogen-bond donors (Lipinski definition) is 0. The summed E-state index contributed by atoms with van der Waals surface area (Å²) in [6.45, 7) is 10.5. The second kappa shape index (κ2) is 8.59. The molecule has 0 unspecified atom stereocenters. The molecule has 2 heterocycles. The maximum absolute atomic E-state index is 13.1. The lowest BCUT2D eigenvalue weighted by atomic mass is 9.98. The summed E-state index contributed by atoms with van der Waals surface area (Å²) in [6.07, 6.45) is 5.84. The average Bonchev–Trinajstić information content (AvgIpc) is 3.16. The molecule has 0 spiro atoms. The number of imidazole rings is 1. The average molecular weight is 370 g/mol. The number of rotatable bonds is 6. The molecule has 5 nitrogen and oxygen atoms in total. The number of aryl methyl sites for hydroxylation is 1. The van der Waals surface area contributed by atoms with Gasteiger partial charge in [-0.05, 0) is 38.3 Å². The van der Waals surface area contributed by atoms with Gasteiger partial charge in [-0.3, -0.25) is 4.79 Å². The minimum absolute atomic E-state index is 0.176. The van der Waals surface area contributed by atoms with E-state index in [1.807, 2.05) is 40.8 Å². The van der Waals surface area contributed by atoms with E-state index in [9.17, 15) is 4.79 Å². The molecule has 3 rings (SSSR count). The predicted molar refractivity (Wildman–Crippen MR) is 107 cm³/mol. The van der Waals surface area contributed by atoms with Crippen molar-refractivity contribution >= 4 is 5.91 Å². The normalized spacial score (nSPS) is 18.6. The van der Waals surface area contributed by atoms with Gasteiger partial charge in [0.15, 0.2) is 0 Å². The highest BCUT2D eigenvalue weighted by atomic mass is 16.5. The van der Waals surface area contributed by atoms with Crippen molar-refractivity contribution in [2.24, 2.45) is 5.92 Å². The Labute approximate surface area is 162 Å². The van der Waals surface area contributed by atoms with Crippen molar-refractivity contribution in [3.05, 3.63) is 48.0 Å². The van der Waals surface area contributed by atoms with Crippen LogP contribution in [0.5, 0.6) is 5.75 Å². The van der Waals surface area contributed by atoms with Crippen LogP contribution in [0.4, 0.5) is 0 Å². The van der Waals surface area contributed by atoms with Crippen LogP contribution < -0.4 is 4.74 Å². The maximum atomic E-state index is 13.1. The fourth-order valence-electron chi connectivity index (χ4n) is 3.81. The molecule has 146 valence electrons. The van der Waals surface area contributed by atoms with Crippen LogP contribution in [0.3, 0.4) is 0 Å². The van der Waals surface area contributed by atoms with Gasteiger partial charge in [-0.15, -0.1) is 0 Å². The Hall–Kier alpha value is -2.30. The van der Waals surface area contributed by atoms with Crippen molar-refractivity contribution in [1.82, 2.24) is 14.5 Å². The van der Waals surface area contributed by atoms with Crippen LogP contribution in [0.25, 0.3) is 0 Å². The van der Waals surface area contributed by atoms with Crippen LogP contribution in [-0.4, -0.2) is 40.1 Å². The Morgan fingerprint density at radius 3 is 2.81 bits per heavy atom. The number of piperidine rings is 1. The molecular weight excluding hydrogens is 338 g/mol. The van der Waals surface area contributed by atoms with Gasteiger partial charge in [0.25, 0.3) is 0 Å². The van der Waals surface area contributed by atoms with E-state index in [0.29, 0.717) is 18.4 Å². The summed E-state index contributed by atoms with van der Waals surface area (Å²) in [5, 5.41) is 0. The number of ether oxygens (including phenoxy) is 1. The van der Waals surface area contributed by atoms with Crippen LogP contribution in [0, 0.1) is 12.8 Å². The highest BCUT2D eigenvalue weighted by molar-refractivity contribution is 5.80. The van der Waals surface area contributed by atoms with Crippen LogP contribution in [0.2, 0.25) is 0 Å². The number of hydrogen-bond acceptors (Lipinski definition) is 3. The zero-order valence-corrected chi connectivity index (χ0v) is 16.9. The van der Waals surface area contributed by atoms with Crippen LogP contribution >= 0.6 is 0 Å². The van der Waals surface area contributed by atoms with Crippen LogP contribution in [0.15, 0.2) is 36.7 Å². The van der Waals surface area contributed by atoms with Gasteiger partial charge in [-0.1, -0.05) is 32.0 Å². The summed E-state index contributed by atoms with van der Waals surface area (Å²) in [5.41, 5.74) is 1.15. The van der Waals surface area contributed by atoms with E-state index < -0.39 is 0 Å². The van der Waals surface area contributed by atoms with Crippen LogP contribution in [0.1, 0.15) is 57.0 Å². The monoisotopic (exact) mass is 369 g/mol. The molecule has 1 aliphatic heterocycles. The van der Waals surface area contributed by atoms with Gasteiger partial charge in [0.05, 0.1) is 6.61 Å². The van der Waals surface area contributed by atoms with Crippen molar-refractivity contribution in [2.75, 3.05) is 19.7 Å². The zero-order valence-electron chi connectivity index (χ0n) is 16.9. The third-order valence-corrected chi connectivity index (χ3v) is 5.39. The zero-order chi connectivity index (χ0) is 19.4. The molecule has 1 fully saturated rings. The number of nitrogens with zero attached hydrogens (tertiary/aromatic N) is 3. The number of para-hydroxylation sites is 1. The molecule has 5 heteroatoms. The molecule has 27 heavy (non-hydrogen) atoms. The van der Waals surface area contributed by atoms with Gasteiger partial charge < -0.3 is 14.2 Å². The van der Waals surface area contributed by atoms with E-state index in [2.05, 4.69) is 31.8 Å². The summed E-state index contributed by atoms with van der Waals surface area (Å²) in [5.74, 6) is 2.76. The number of amides is 1. The first-order valence-corrected chi connectivity index (χ1v) is 9.97. The van der Waals surface area contributed by atoms with E-state index in [-0.39, 0.29) is 11.9 Å². The predicted octanol–water partition coefficient (Wildman–Crippen LogP) is 4.19. The van der Waals surface area contributed by atoms with Gasteiger partial charge in [0, 0.05) is 37.3 Å². The topological polar surface area (TPSA) is 47.4 Å². The highest BCUT2D eigenvalue weighted by Crippen LogP contribution is 2.24. The van der Waals surface area contributed by atoms with Gasteiger partial charge in [0.2, 0.25) is 5.91 Å². The molecule has 2 aromatic rings. The van der Waals surface area contributed by atoms with Gasteiger partial charge in [-0.25, -0.2) is 4.98 Å². The molecule has 0 radical (unpaired) electrons. The first-order chi connectivity index (χ1) is 13.0. The molecule has 1 aliphatic rings. The molecule has 0 saturated carbocycles. The largest absolute Gasteiger partial charge is 0.493 e. The van der Waals surface area contributed by atoms with E-state index in [1.54, 1.807) is 6.20 Å². The van der Waals surface area contributed by atoms with Crippen LogP contribution in [-0.2, 0) is 4.79 Å². The minimum Gasteiger partial charge on any atom is -0.493 e. The smallest absolute Gasteiger partial charge is 0.245 e. The minimum atomic E-state index is -0.221. The molecule has 1 saturated heterocycles. The Morgan fingerprint density at radius 1 is 1.30 bits per heavy atom. The van der Waals surface area contributed by atoms with Crippen molar-refractivity contribution < 1.29 is 9.53 Å². The lowest BCUT2D eigenvalue weighted by Crippen LogP contribution is -2.44. The molecular formula is C22H31N3O2. The van der Waals surface area contributed by atoms with E-state index in [0.717, 1.165) is 43.1 Å². The number of aromatic nitrogens is 2. The number of carbonyl (C=O) groups is 1. The number of likely N-dealkylation sites (tertiary alicyclic amines) is 1. The Balaban J connectivity index is 1.61. The molecule has 0 bridgehead atoms. The first-order valence-electron chi connectivity index (χ1n) is 9.97. The third-order valence-electron chi connectivity index (χ3n) is 5.39. The standard InChI is InChI=1S/C22H31N3O2/c1-16(2)21-23-11-13-25(21)18(4)22(26)24-12-7-9-19(14-24)15-27-20-10-6-5-8-17(20)3/h5-6,8,10-11,13,16,18-19H,7,9,12,14-15H2,1-4H3/t18-,19-/m1/s1. The summed E-state index contributed by atoms with van der Waals surface area (Å²) in [4.78, 5) is 19.5. The van der Waals surface area contributed by atoms with Crippen molar-refractivity contribution in [3.8, 4) is 5.75 Å². The molecule has 0 aliphatic carbocycles. The van der Waals surface area contributed by atoms with Crippen molar-refractivity contribution in [3.63, 3.8) is 0 Å². The third kappa shape index (κ3) is 4.52. The van der Waals surface area contributed by atoms with Gasteiger partial charge in [0.1, 0.15) is 17.6 Å². The SMILES string of the molecule is Cc1ccccc1OC[C@@H]1CCCN(C(=O)[C@@H](C)n2ccnc2C(C)C)C1. The maximum Gasteiger partial charge on any atom is 0.245 e. The number of carbonyl (C=O) groups excluding carboxylic acids is 1. The number of benzene rings is 1. The van der Waals surface area contributed by atoms with Crippen molar-refractivity contribution in [1.29, 1.82) is 0 Å². The highest BCUT2D eigenvalue weighted by Gasteiger charge is 2.29. The second-order valence-corrected chi connectivity index (χ2v) is 7.89. The van der Waals surface area contributed by atoms with E-state index in [1.165, 1.54) is 0 Å². The molecule has 2 atom stereocenters. The van der Waals surface area contributed by atoms with E-state index in [4.69, 9.17) is 4.74 Å². The van der Waals surface area contributed by atoms with Crippen molar-refractivity contribution in [2.45, 2.75) is 52.5 Å². The Bertz CT molecular complexity index is 768. The molecule has 1 aromatic heterocycles. The molecule has 1 amide bonds. The Morgan fingerprint density at radius 2 is 2.07 bits per heavy atom. The first kappa shape index (κ1) is 19.5. The Kier molecular flexibility index (Phi) is 6.19. The summed E-state index contributed by atoms with van der Waals surface area (Å²) in [7, 11) is 0. The fraction of sp³-hybridized carbons (Fsp3) is 0.545. The fourth-order valence-corrected chi connectivity index (χ4v) is 3.81. The lowest BCUT2D eigenvalue weighted by molar-refractivity contribution is -0.136. The quantitative estimate of drug-likeness (QED) is 0.767. The van der Waals surface area contributed by atoms with Gasteiger partial charge >= 0.3 is 0 Å². The van der Waals surface area contributed by atoms with Gasteiger partial charge in [-0.2, -0.15) is 0 Å².